The topological polar surface area (TPSA) is 67.2 Å². The fraction of sp³-hybridized carbons (Fsp3) is 0.0909. The second-order valence-corrected chi connectivity index (χ2v) is 3.73. The van der Waals surface area contributed by atoms with Crippen LogP contribution in [0.2, 0.25) is 5.02 Å². The van der Waals surface area contributed by atoms with Crippen molar-refractivity contribution >= 4 is 23.3 Å². The highest BCUT2D eigenvalue weighted by Gasteiger charge is 2.02. The number of nitrogens with zero attached hydrogens (tertiary/aromatic N) is 1. The maximum atomic E-state index is 11.5. The predicted octanol–water partition coefficient (Wildman–Crippen LogP) is 2.65. The third kappa shape index (κ3) is 3.49. The van der Waals surface area contributed by atoms with Crippen LogP contribution in [0.25, 0.3) is 0 Å². The molecule has 0 saturated heterocycles. The predicted molar refractivity (Wildman–Crippen MR) is 63.8 cm³/mol. The number of amides is 2. The second-order valence-electron chi connectivity index (χ2n) is 3.29. The normalized spacial score (nSPS) is 9.94. The molecule has 2 rings (SSSR count). The van der Waals surface area contributed by atoms with E-state index >= 15 is 0 Å². The van der Waals surface area contributed by atoms with Gasteiger partial charge in [-0.05, 0) is 24.3 Å². The van der Waals surface area contributed by atoms with Gasteiger partial charge in [0.2, 0.25) is 0 Å². The van der Waals surface area contributed by atoms with Crippen molar-refractivity contribution in [2.75, 3.05) is 5.32 Å². The summed E-state index contributed by atoms with van der Waals surface area (Å²) in [4.78, 5) is 15.4. The van der Waals surface area contributed by atoms with Gasteiger partial charge in [0.15, 0.2) is 6.39 Å². The van der Waals surface area contributed by atoms with E-state index in [4.69, 9.17) is 16.0 Å². The summed E-state index contributed by atoms with van der Waals surface area (Å²) in [5.41, 5.74) is 1.34. The maximum absolute atomic E-state index is 11.5. The highest BCUT2D eigenvalue weighted by molar-refractivity contribution is 6.30. The van der Waals surface area contributed by atoms with Crippen LogP contribution in [0.5, 0.6) is 0 Å². The van der Waals surface area contributed by atoms with Crippen LogP contribution in [0.1, 0.15) is 5.69 Å². The van der Waals surface area contributed by atoms with Crippen LogP contribution < -0.4 is 10.6 Å². The number of urea groups is 1. The number of carbonyl (C=O) groups excluding carboxylic acids is 1. The Balaban J connectivity index is 1.83. The van der Waals surface area contributed by atoms with Gasteiger partial charge in [0.25, 0.3) is 0 Å². The van der Waals surface area contributed by atoms with Gasteiger partial charge in [-0.3, -0.25) is 0 Å². The van der Waals surface area contributed by atoms with Gasteiger partial charge in [0.05, 0.1) is 12.2 Å². The molecule has 5 nitrogen and oxygen atoms in total. The smallest absolute Gasteiger partial charge is 0.319 e. The summed E-state index contributed by atoms with van der Waals surface area (Å²) in [6.07, 6.45) is 2.79. The number of oxazole rings is 1. The third-order valence-electron chi connectivity index (χ3n) is 2.02. The van der Waals surface area contributed by atoms with Crippen molar-refractivity contribution in [3.05, 3.63) is 47.6 Å². The van der Waals surface area contributed by atoms with E-state index in [2.05, 4.69) is 15.6 Å². The van der Waals surface area contributed by atoms with E-state index in [0.29, 0.717) is 22.9 Å². The van der Waals surface area contributed by atoms with Gasteiger partial charge in [0.1, 0.15) is 6.26 Å². The van der Waals surface area contributed by atoms with E-state index in [1.54, 1.807) is 24.3 Å². The zero-order valence-electron chi connectivity index (χ0n) is 8.81. The molecule has 0 aliphatic heterocycles. The van der Waals surface area contributed by atoms with Gasteiger partial charge in [-0.1, -0.05) is 11.6 Å². The molecule has 0 atom stereocenters. The Kier molecular flexibility index (Phi) is 3.62. The van der Waals surface area contributed by atoms with Crippen molar-refractivity contribution in [1.82, 2.24) is 10.3 Å². The lowest BCUT2D eigenvalue weighted by molar-refractivity contribution is 0.251. The van der Waals surface area contributed by atoms with Crippen LogP contribution in [-0.2, 0) is 6.54 Å². The number of nitrogens with one attached hydrogen (secondary N) is 2. The first-order chi connectivity index (χ1) is 8.24. The van der Waals surface area contributed by atoms with Gasteiger partial charge in [-0.25, -0.2) is 9.78 Å². The minimum atomic E-state index is -0.310. The Morgan fingerprint density at radius 2 is 2.12 bits per heavy atom. The SMILES string of the molecule is O=C(NCc1cocn1)Nc1ccc(Cl)cc1. The van der Waals surface area contributed by atoms with Crippen LogP contribution in [0.3, 0.4) is 0 Å². The number of aromatic nitrogens is 1. The van der Waals surface area contributed by atoms with Gasteiger partial charge in [0, 0.05) is 10.7 Å². The monoisotopic (exact) mass is 251 g/mol. The molecule has 17 heavy (non-hydrogen) atoms. The van der Waals surface area contributed by atoms with Gasteiger partial charge in [-0.2, -0.15) is 0 Å². The summed E-state index contributed by atoms with van der Waals surface area (Å²) in [7, 11) is 0. The molecule has 2 amide bonds. The van der Waals surface area contributed by atoms with Gasteiger partial charge in [-0.15, -0.1) is 0 Å². The van der Waals surface area contributed by atoms with Crippen molar-refractivity contribution in [2.45, 2.75) is 6.54 Å². The highest BCUT2D eigenvalue weighted by Crippen LogP contribution is 2.13. The molecule has 0 fully saturated rings. The summed E-state index contributed by atoms with van der Waals surface area (Å²) in [6.45, 7) is 0.315. The summed E-state index contributed by atoms with van der Waals surface area (Å²) < 4.78 is 4.78. The zero-order chi connectivity index (χ0) is 12.1. The molecule has 1 heterocycles. The highest BCUT2D eigenvalue weighted by atomic mass is 35.5. The quantitative estimate of drug-likeness (QED) is 0.881. The minimum absolute atomic E-state index is 0.310. The molecule has 0 radical (unpaired) electrons. The first-order valence-corrected chi connectivity index (χ1v) is 5.29. The molecule has 88 valence electrons. The molecule has 0 unspecified atom stereocenters. The van der Waals surface area contributed by atoms with E-state index in [-0.39, 0.29) is 6.03 Å². The van der Waals surface area contributed by atoms with E-state index < -0.39 is 0 Å². The van der Waals surface area contributed by atoms with E-state index in [1.165, 1.54) is 12.7 Å². The molecule has 0 aliphatic rings. The lowest BCUT2D eigenvalue weighted by atomic mass is 10.3. The van der Waals surface area contributed by atoms with Crippen molar-refractivity contribution in [2.24, 2.45) is 0 Å². The number of benzene rings is 1. The largest absolute Gasteiger partial charge is 0.451 e. The lowest BCUT2D eigenvalue weighted by Crippen LogP contribution is -2.28. The summed E-state index contributed by atoms with van der Waals surface area (Å²) in [5.74, 6) is 0. The molecule has 0 bridgehead atoms. The number of rotatable bonds is 3. The van der Waals surface area contributed by atoms with Crippen molar-refractivity contribution in [3.63, 3.8) is 0 Å². The first-order valence-electron chi connectivity index (χ1n) is 4.91. The Labute approximate surface area is 103 Å². The van der Waals surface area contributed by atoms with Crippen LogP contribution in [0.15, 0.2) is 41.3 Å². The average molecular weight is 252 g/mol. The van der Waals surface area contributed by atoms with E-state index in [0.717, 1.165) is 0 Å². The van der Waals surface area contributed by atoms with Crippen molar-refractivity contribution < 1.29 is 9.21 Å². The maximum Gasteiger partial charge on any atom is 0.319 e. The van der Waals surface area contributed by atoms with E-state index in [9.17, 15) is 4.79 Å². The Hall–Kier alpha value is -2.01. The molecule has 0 spiro atoms. The number of anilines is 1. The average Bonchev–Trinajstić information content (AvgIpc) is 2.83. The molecule has 2 aromatic rings. The third-order valence-corrected chi connectivity index (χ3v) is 2.27. The zero-order valence-corrected chi connectivity index (χ0v) is 9.57. The van der Waals surface area contributed by atoms with Crippen LogP contribution in [-0.4, -0.2) is 11.0 Å². The summed E-state index contributed by atoms with van der Waals surface area (Å²) in [5, 5.41) is 5.93. The fourth-order valence-electron chi connectivity index (χ4n) is 1.20. The Morgan fingerprint density at radius 1 is 1.35 bits per heavy atom. The Bertz CT molecular complexity index is 482. The first kappa shape index (κ1) is 11.5. The van der Waals surface area contributed by atoms with Gasteiger partial charge < -0.3 is 15.1 Å². The number of carbonyl (C=O) groups is 1. The van der Waals surface area contributed by atoms with Crippen LogP contribution in [0.4, 0.5) is 10.5 Å². The van der Waals surface area contributed by atoms with Crippen LogP contribution in [0, 0.1) is 0 Å². The molecular formula is C11H10ClN3O2. The van der Waals surface area contributed by atoms with Crippen molar-refractivity contribution in [1.29, 1.82) is 0 Å². The number of hydrogen-bond acceptors (Lipinski definition) is 3. The fourth-order valence-corrected chi connectivity index (χ4v) is 1.33. The van der Waals surface area contributed by atoms with Crippen molar-refractivity contribution in [3.8, 4) is 0 Å². The van der Waals surface area contributed by atoms with Gasteiger partial charge >= 0.3 is 6.03 Å². The molecule has 6 heteroatoms. The molecular weight excluding hydrogens is 242 g/mol. The standard InChI is InChI=1S/C11H10ClN3O2/c12-8-1-3-9(4-2-8)15-11(16)13-5-10-6-17-7-14-10/h1-4,6-7H,5H2,(H2,13,15,16). The molecule has 0 saturated carbocycles. The number of halogens is 1. The number of hydrogen-bond donors (Lipinski definition) is 2. The molecule has 1 aromatic carbocycles. The second kappa shape index (κ2) is 5.36. The molecule has 2 N–H and O–H groups in total. The van der Waals surface area contributed by atoms with Crippen LogP contribution >= 0.6 is 11.6 Å². The molecule has 1 aromatic heterocycles. The minimum Gasteiger partial charge on any atom is -0.451 e. The lowest BCUT2D eigenvalue weighted by Gasteiger charge is -2.06. The summed E-state index contributed by atoms with van der Waals surface area (Å²) >= 11 is 5.73. The Morgan fingerprint density at radius 3 is 2.76 bits per heavy atom. The molecule has 0 aliphatic carbocycles. The van der Waals surface area contributed by atoms with E-state index in [1.807, 2.05) is 0 Å². The summed E-state index contributed by atoms with van der Waals surface area (Å²) in [6, 6.07) is 6.54.